The molecule has 106 valence electrons. The van der Waals surface area contributed by atoms with E-state index in [0.717, 1.165) is 12.1 Å². The SMILES string of the molecule is Nc1cccc(Cl)c1CS(=O)(=O)c1ccc(F)c(F)c1. The molecule has 0 unspecified atom stereocenters. The first kappa shape index (κ1) is 14.7. The van der Waals surface area contributed by atoms with Crippen molar-refractivity contribution in [3.8, 4) is 0 Å². The molecule has 2 N–H and O–H groups in total. The fourth-order valence-electron chi connectivity index (χ4n) is 1.67. The van der Waals surface area contributed by atoms with Gasteiger partial charge in [0.2, 0.25) is 0 Å². The van der Waals surface area contributed by atoms with Crippen LogP contribution in [-0.4, -0.2) is 8.42 Å². The average molecular weight is 318 g/mol. The van der Waals surface area contributed by atoms with E-state index < -0.39 is 27.2 Å². The van der Waals surface area contributed by atoms with Crippen LogP contribution in [0.25, 0.3) is 0 Å². The van der Waals surface area contributed by atoms with E-state index in [4.69, 9.17) is 17.3 Å². The number of rotatable bonds is 3. The zero-order valence-electron chi connectivity index (χ0n) is 10.1. The predicted molar refractivity (Wildman–Crippen MR) is 73.1 cm³/mol. The van der Waals surface area contributed by atoms with Crippen LogP contribution < -0.4 is 5.73 Å². The summed E-state index contributed by atoms with van der Waals surface area (Å²) in [5, 5.41) is 0.205. The molecule has 0 aliphatic carbocycles. The molecule has 2 aromatic carbocycles. The lowest BCUT2D eigenvalue weighted by Gasteiger charge is -2.09. The molecule has 0 aliphatic rings. The molecule has 0 fully saturated rings. The number of benzene rings is 2. The molecule has 2 aromatic rings. The van der Waals surface area contributed by atoms with Gasteiger partial charge in [0.1, 0.15) is 0 Å². The summed E-state index contributed by atoms with van der Waals surface area (Å²) in [4.78, 5) is -0.323. The van der Waals surface area contributed by atoms with Gasteiger partial charge in [0.05, 0.1) is 10.6 Å². The minimum Gasteiger partial charge on any atom is -0.398 e. The number of hydrogen-bond donors (Lipinski definition) is 1. The molecule has 0 heterocycles. The third-order valence-electron chi connectivity index (χ3n) is 2.74. The van der Waals surface area contributed by atoms with Gasteiger partial charge >= 0.3 is 0 Å². The molecular formula is C13H10ClF2NO2S. The van der Waals surface area contributed by atoms with E-state index in [1.54, 1.807) is 6.07 Å². The molecule has 0 aliphatic heterocycles. The Morgan fingerprint density at radius 2 is 1.80 bits per heavy atom. The first-order valence-electron chi connectivity index (χ1n) is 5.52. The van der Waals surface area contributed by atoms with Crippen LogP contribution in [0.3, 0.4) is 0 Å². The molecule has 7 heteroatoms. The Morgan fingerprint density at radius 3 is 2.40 bits per heavy atom. The zero-order chi connectivity index (χ0) is 14.9. The fourth-order valence-corrected chi connectivity index (χ4v) is 3.43. The van der Waals surface area contributed by atoms with Crippen LogP contribution in [-0.2, 0) is 15.6 Å². The number of anilines is 1. The molecule has 0 bridgehead atoms. The Morgan fingerprint density at radius 1 is 1.10 bits per heavy atom. The van der Waals surface area contributed by atoms with Crippen LogP contribution in [0.1, 0.15) is 5.56 Å². The Hall–Kier alpha value is -1.66. The largest absolute Gasteiger partial charge is 0.398 e. The van der Waals surface area contributed by atoms with Gasteiger partial charge in [-0.1, -0.05) is 17.7 Å². The summed E-state index contributed by atoms with van der Waals surface area (Å²) in [6, 6.07) is 7.01. The monoisotopic (exact) mass is 317 g/mol. The van der Waals surface area contributed by atoms with Gasteiger partial charge in [-0.05, 0) is 30.3 Å². The highest BCUT2D eigenvalue weighted by molar-refractivity contribution is 7.90. The van der Waals surface area contributed by atoms with Crippen LogP contribution in [0.2, 0.25) is 5.02 Å². The molecule has 0 radical (unpaired) electrons. The van der Waals surface area contributed by atoms with Crippen LogP contribution in [0, 0.1) is 11.6 Å². The molecule has 20 heavy (non-hydrogen) atoms. The number of nitrogens with two attached hydrogens (primary N) is 1. The maximum absolute atomic E-state index is 13.1. The first-order valence-corrected chi connectivity index (χ1v) is 7.55. The Balaban J connectivity index is 2.43. The number of halogens is 3. The first-order chi connectivity index (χ1) is 9.31. The van der Waals surface area contributed by atoms with Crippen LogP contribution in [0.4, 0.5) is 14.5 Å². The van der Waals surface area contributed by atoms with Gasteiger partial charge in [0, 0.05) is 16.3 Å². The van der Waals surface area contributed by atoms with Crippen molar-refractivity contribution in [1.82, 2.24) is 0 Å². The molecule has 0 saturated carbocycles. The quantitative estimate of drug-likeness (QED) is 0.698. The summed E-state index contributed by atoms with van der Waals surface area (Å²) in [5.74, 6) is -2.82. The van der Waals surface area contributed by atoms with Crippen molar-refractivity contribution in [2.24, 2.45) is 0 Å². The normalized spacial score (nSPS) is 11.6. The zero-order valence-corrected chi connectivity index (χ0v) is 11.7. The van der Waals surface area contributed by atoms with Gasteiger partial charge in [-0.2, -0.15) is 0 Å². The Bertz CT molecular complexity index is 743. The molecule has 0 spiro atoms. The van der Waals surface area contributed by atoms with Crippen LogP contribution in [0.15, 0.2) is 41.3 Å². The van der Waals surface area contributed by atoms with E-state index in [2.05, 4.69) is 0 Å². The van der Waals surface area contributed by atoms with Crippen LogP contribution in [0.5, 0.6) is 0 Å². The second-order valence-electron chi connectivity index (χ2n) is 4.14. The lowest BCUT2D eigenvalue weighted by molar-refractivity contribution is 0.504. The third-order valence-corrected chi connectivity index (χ3v) is 4.73. The van der Waals surface area contributed by atoms with E-state index in [1.807, 2.05) is 0 Å². The van der Waals surface area contributed by atoms with E-state index in [9.17, 15) is 17.2 Å². The summed E-state index contributed by atoms with van der Waals surface area (Å²) in [6.07, 6.45) is 0. The second-order valence-corrected chi connectivity index (χ2v) is 6.54. The standard InChI is InChI=1S/C13H10ClF2NO2S/c14-10-2-1-3-13(17)9(10)7-20(18,19)8-4-5-11(15)12(16)6-8/h1-6H,7,17H2. The number of sulfone groups is 1. The summed E-state index contributed by atoms with van der Waals surface area (Å²) in [6.45, 7) is 0. The Labute approximate surface area is 119 Å². The Kier molecular flexibility index (Phi) is 3.96. The van der Waals surface area contributed by atoms with Crippen molar-refractivity contribution in [3.63, 3.8) is 0 Å². The topological polar surface area (TPSA) is 60.2 Å². The third kappa shape index (κ3) is 2.91. The van der Waals surface area contributed by atoms with Crippen molar-refractivity contribution >= 4 is 27.1 Å². The van der Waals surface area contributed by atoms with E-state index in [1.165, 1.54) is 12.1 Å². The van der Waals surface area contributed by atoms with Gasteiger partial charge in [-0.25, -0.2) is 17.2 Å². The van der Waals surface area contributed by atoms with Gasteiger partial charge < -0.3 is 5.73 Å². The lowest BCUT2D eigenvalue weighted by atomic mass is 10.2. The van der Waals surface area contributed by atoms with Crippen molar-refractivity contribution in [2.75, 3.05) is 5.73 Å². The highest BCUT2D eigenvalue weighted by Crippen LogP contribution is 2.27. The molecule has 0 saturated heterocycles. The average Bonchev–Trinajstić information content (AvgIpc) is 2.37. The summed E-state index contributed by atoms with van der Waals surface area (Å²) < 4.78 is 50.3. The van der Waals surface area contributed by atoms with Crippen molar-refractivity contribution in [2.45, 2.75) is 10.6 Å². The molecule has 0 aromatic heterocycles. The maximum atomic E-state index is 13.1. The van der Waals surface area contributed by atoms with Crippen molar-refractivity contribution in [1.29, 1.82) is 0 Å². The second kappa shape index (κ2) is 5.38. The molecule has 0 atom stereocenters. The predicted octanol–water partition coefficient (Wildman–Crippen LogP) is 3.17. The highest BCUT2D eigenvalue weighted by atomic mass is 35.5. The van der Waals surface area contributed by atoms with Crippen molar-refractivity contribution in [3.05, 3.63) is 58.6 Å². The van der Waals surface area contributed by atoms with E-state index in [-0.39, 0.29) is 21.2 Å². The van der Waals surface area contributed by atoms with Crippen LogP contribution >= 0.6 is 11.6 Å². The number of hydrogen-bond acceptors (Lipinski definition) is 3. The molecule has 0 amide bonds. The molecule has 3 nitrogen and oxygen atoms in total. The minimum absolute atomic E-state index is 0.205. The van der Waals surface area contributed by atoms with E-state index >= 15 is 0 Å². The molecular weight excluding hydrogens is 308 g/mol. The van der Waals surface area contributed by atoms with E-state index in [0.29, 0.717) is 6.07 Å². The maximum Gasteiger partial charge on any atom is 0.182 e. The van der Waals surface area contributed by atoms with Gasteiger partial charge in [-0.3, -0.25) is 0 Å². The fraction of sp³-hybridized carbons (Fsp3) is 0.0769. The lowest BCUT2D eigenvalue weighted by Crippen LogP contribution is -2.08. The van der Waals surface area contributed by atoms with Gasteiger partial charge in [0.25, 0.3) is 0 Å². The summed E-state index contributed by atoms with van der Waals surface area (Å²) >= 11 is 5.90. The van der Waals surface area contributed by atoms with Crippen molar-refractivity contribution < 1.29 is 17.2 Å². The smallest absolute Gasteiger partial charge is 0.182 e. The summed E-state index contributed by atoms with van der Waals surface area (Å²) in [5.41, 5.74) is 6.14. The number of nitrogen functional groups attached to an aromatic ring is 1. The summed E-state index contributed by atoms with van der Waals surface area (Å²) in [7, 11) is -3.87. The highest BCUT2D eigenvalue weighted by Gasteiger charge is 2.20. The van der Waals surface area contributed by atoms with Gasteiger partial charge in [0.15, 0.2) is 21.5 Å². The molecule has 2 rings (SSSR count). The van der Waals surface area contributed by atoms with Gasteiger partial charge in [-0.15, -0.1) is 0 Å². The minimum atomic E-state index is -3.87.